The first-order chi connectivity index (χ1) is 9.24. The summed E-state index contributed by atoms with van der Waals surface area (Å²) in [5.74, 6) is 7.72. The molecule has 1 saturated heterocycles. The van der Waals surface area contributed by atoms with Crippen molar-refractivity contribution in [2.75, 3.05) is 23.5 Å². The van der Waals surface area contributed by atoms with Crippen molar-refractivity contribution in [3.05, 3.63) is 11.9 Å². The van der Waals surface area contributed by atoms with Gasteiger partial charge in [-0.2, -0.15) is 0 Å². The minimum Gasteiger partial charge on any atom is -0.374 e. The SMILES string of the molecule is CCOCc1nc(NN)cc(N2CCCCC2C)n1. The molecule has 0 amide bonds. The van der Waals surface area contributed by atoms with Crippen LogP contribution in [-0.2, 0) is 11.3 Å². The summed E-state index contributed by atoms with van der Waals surface area (Å²) in [4.78, 5) is 11.2. The average Bonchev–Trinajstić information content (AvgIpc) is 2.45. The molecule has 106 valence electrons. The molecule has 1 aliphatic rings. The minimum atomic E-state index is 0.418. The first kappa shape index (κ1) is 14.0. The second kappa shape index (κ2) is 6.68. The number of ether oxygens (including phenoxy) is 1. The molecule has 1 unspecified atom stereocenters. The predicted octanol–water partition coefficient (Wildman–Crippen LogP) is 1.68. The molecule has 1 atom stereocenters. The van der Waals surface area contributed by atoms with E-state index in [1.807, 2.05) is 13.0 Å². The van der Waals surface area contributed by atoms with E-state index in [4.69, 9.17) is 10.6 Å². The number of aromatic nitrogens is 2. The maximum Gasteiger partial charge on any atom is 0.158 e. The monoisotopic (exact) mass is 265 g/mol. The number of hydrazine groups is 1. The van der Waals surface area contributed by atoms with Gasteiger partial charge in [0.1, 0.15) is 18.2 Å². The van der Waals surface area contributed by atoms with Crippen molar-refractivity contribution in [2.24, 2.45) is 5.84 Å². The van der Waals surface area contributed by atoms with Gasteiger partial charge in [0.25, 0.3) is 0 Å². The molecule has 0 aromatic carbocycles. The molecule has 2 rings (SSSR count). The fraction of sp³-hybridized carbons (Fsp3) is 0.692. The summed E-state index contributed by atoms with van der Waals surface area (Å²) < 4.78 is 5.38. The van der Waals surface area contributed by atoms with Gasteiger partial charge in [-0.15, -0.1) is 0 Å². The minimum absolute atomic E-state index is 0.418. The maximum atomic E-state index is 5.48. The molecule has 1 aromatic rings. The van der Waals surface area contributed by atoms with E-state index in [1.54, 1.807) is 0 Å². The van der Waals surface area contributed by atoms with Gasteiger partial charge in [-0.25, -0.2) is 15.8 Å². The van der Waals surface area contributed by atoms with Crippen molar-refractivity contribution in [1.29, 1.82) is 0 Å². The molecule has 1 aliphatic heterocycles. The van der Waals surface area contributed by atoms with Crippen molar-refractivity contribution in [3.63, 3.8) is 0 Å². The summed E-state index contributed by atoms with van der Waals surface area (Å²) in [5, 5.41) is 0. The molecule has 1 aromatic heterocycles. The van der Waals surface area contributed by atoms with Crippen LogP contribution in [-0.4, -0.2) is 29.2 Å². The number of nitrogens with one attached hydrogen (secondary N) is 1. The van der Waals surface area contributed by atoms with E-state index in [1.165, 1.54) is 19.3 Å². The third kappa shape index (κ3) is 3.54. The second-order valence-electron chi connectivity index (χ2n) is 4.85. The number of rotatable bonds is 5. The van der Waals surface area contributed by atoms with Gasteiger partial charge >= 0.3 is 0 Å². The fourth-order valence-corrected chi connectivity index (χ4v) is 2.40. The van der Waals surface area contributed by atoms with Crippen LogP contribution in [0.3, 0.4) is 0 Å². The molecule has 6 nitrogen and oxygen atoms in total. The lowest BCUT2D eigenvalue weighted by atomic mass is 10.0. The summed E-state index contributed by atoms with van der Waals surface area (Å²) in [6, 6.07) is 2.41. The lowest BCUT2D eigenvalue weighted by Gasteiger charge is -2.34. The summed E-state index contributed by atoms with van der Waals surface area (Å²) in [7, 11) is 0. The van der Waals surface area contributed by atoms with Crippen LogP contribution < -0.4 is 16.2 Å². The molecule has 0 radical (unpaired) electrons. The highest BCUT2D eigenvalue weighted by Gasteiger charge is 2.20. The summed E-state index contributed by atoms with van der Waals surface area (Å²) in [6.45, 7) is 6.30. The van der Waals surface area contributed by atoms with Crippen LogP contribution >= 0.6 is 0 Å². The molecule has 19 heavy (non-hydrogen) atoms. The van der Waals surface area contributed by atoms with Crippen LogP contribution in [0.5, 0.6) is 0 Å². The van der Waals surface area contributed by atoms with Crippen molar-refractivity contribution in [1.82, 2.24) is 9.97 Å². The highest BCUT2D eigenvalue weighted by molar-refractivity contribution is 5.49. The third-order valence-electron chi connectivity index (χ3n) is 3.44. The van der Waals surface area contributed by atoms with Crippen molar-refractivity contribution in [3.8, 4) is 0 Å². The van der Waals surface area contributed by atoms with Gasteiger partial charge < -0.3 is 15.1 Å². The van der Waals surface area contributed by atoms with Gasteiger partial charge in [0, 0.05) is 25.3 Å². The first-order valence-electron chi connectivity index (χ1n) is 6.93. The van der Waals surface area contributed by atoms with Crippen LogP contribution in [0.4, 0.5) is 11.6 Å². The Hall–Kier alpha value is -1.40. The predicted molar refractivity (Wildman–Crippen MR) is 75.8 cm³/mol. The zero-order chi connectivity index (χ0) is 13.7. The molecule has 3 N–H and O–H groups in total. The number of nitrogens with two attached hydrogens (primary N) is 1. The van der Waals surface area contributed by atoms with Crippen molar-refractivity contribution in [2.45, 2.75) is 45.8 Å². The van der Waals surface area contributed by atoms with Gasteiger partial charge in [-0.3, -0.25) is 0 Å². The van der Waals surface area contributed by atoms with Gasteiger partial charge in [-0.05, 0) is 33.1 Å². The fourth-order valence-electron chi connectivity index (χ4n) is 2.40. The molecular formula is C13H23N5O. The Morgan fingerprint density at radius 1 is 1.47 bits per heavy atom. The standard InChI is InChI=1S/C13H23N5O/c1-3-19-9-12-15-11(17-14)8-13(16-12)18-7-5-4-6-10(18)2/h8,10H,3-7,9,14H2,1-2H3,(H,15,16,17). The van der Waals surface area contributed by atoms with Gasteiger partial charge in [-0.1, -0.05) is 0 Å². The van der Waals surface area contributed by atoms with E-state index < -0.39 is 0 Å². The van der Waals surface area contributed by atoms with Gasteiger partial charge in [0.05, 0.1) is 0 Å². The Labute approximate surface area is 114 Å². The molecule has 0 aliphatic carbocycles. The van der Waals surface area contributed by atoms with Crippen LogP contribution in [0.2, 0.25) is 0 Å². The van der Waals surface area contributed by atoms with Crippen molar-refractivity contribution < 1.29 is 4.74 Å². The molecule has 2 heterocycles. The summed E-state index contributed by atoms with van der Waals surface area (Å²) >= 11 is 0. The molecule has 0 spiro atoms. The Morgan fingerprint density at radius 2 is 2.32 bits per heavy atom. The van der Waals surface area contributed by atoms with E-state index in [-0.39, 0.29) is 0 Å². The van der Waals surface area contributed by atoms with E-state index in [0.29, 0.717) is 30.9 Å². The van der Waals surface area contributed by atoms with E-state index in [2.05, 4.69) is 27.2 Å². The Kier molecular flexibility index (Phi) is 4.93. The number of anilines is 2. The smallest absolute Gasteiger partial charge is 0.158 e. The largest absolute Gasteiger partial charge is 0.374 e. The van der Waals surface area contributed by atoms with E-state index in [0.717, 1.165) is 12.4 Å². The lowest BCUT2D eigenvalue weighted by molar-refractivity contribution is 0.128. The average molecular weight is 265 g/mol. The number of hydrogen-bond donors (Lipinski definition) is 2. The highest BCUT2D eigenvalue weighted by Crippen LogP contribution is 2.24. The van der Waals surface area contributed by atoms with E-state index in [9.17, 15) is 0 Å². The number of piperidine rings is 1. The van der Waals surface area contributed by atoms with Crippen LogP contribution in [0.25, 0.3) is 0 Å². The topological polar surface area (TPSA) is 76.3 Å². The van der Waals surface area contributed by atoms with Crippen LogP contribution in [0, 0.1) is 0 Å². The van der Waals surface area contributed by atoms with Gasteiger partial charge in [0.2, 0.25) is 0 Å². The van der Waals surface area contributed by atoms with Gasteiger partial charge in [0.15, 0.2) is 5.82 Å². The third-order valence-corrected chi connectivity index (χ3v) is 3.44. The normalized spacial score (nSPS) is 19.5. The molecule has 6 heteroatoms. The quantitative estimate of drug-likeness (QED) is 0.623. The maximum absolute atomic E-state index is 5.48. The molecule has 0 bridgehead atoms. The van der Waals surface area contributed by atoms with Crippen molar-refractivity contribution >= 4 is 11.6 Å². The lowest BCUT2D eigenvalue weighted by Crippen LogP contribution is -2.38. The Balaban J connectivity index is 2.22. The van der Waals surface area contributed by atoms with Crippen LogP contribution in [0.1, 0.15) is 38.9 Å². The zero-order valence-corrected chi connectivity index (χ0v) is 11.7. The van der Waals surface area contributed by atoms with E-state index >= 15 is 0 Å². The first-order valence-corrected chi connectivity index (χ1v) is 6.93. The number of nitrogens with zero attached hydrogens (tertiary/aromatic N) is 3. The Bertz CT molecular complexity index is 412. The summed E-state index contributed by atoms with van der Waals surface area (Å²) in [6.07, 6.45) is 3.70. The second-order valence-corrected chi connectivity index (χ2v) is 4.85. The van der Waals surface area contributed by atoms with Crippen LogP contribution in [0.15, 0.2) is 6.07 Å². The number of nitrogen functional groups attached to an aromatic ring is 1. The molecule has 0 saturated carbocycles. The molecule has 1 fully saturated rings. The number of hydrogen-bond acceptors (Lipinski definition) is 6. The summed E-state index contributed by atoms with van der Waals surface area (Å²) in [5.41, 5.74) is 2.60. The highest BCUT2D eigenvalue weighted by atomic mass is 16.5. The Morgan fingerprint density at radius 3 is 3.00 bits per heavy atom. The molecular weight excluding hydrogens is 242 g/mol. The zero-order valence-electron chi connectivity index (χ0n) is 11.7.